The summed E-state index contributed by atoms with van der Waals surface area (Å²) < 4.78 is 32.2. The molecule has 1 aromatic rings. The van der Waals surface area contributed by atoms with Gasteiger partial charge in [0.15, 0.2) is 5.78 Å². The van der Waals surface area contributed by atoms with E-state index in [-0.39, 0.29) is 18.2 Å². The number of nitrogens with zero attached hydrogens (tertiary/aromatic N) is 1. The number of Topliss-reactive ketones (excluding diaryl/α,β-unsaturated/α-hetero) is 1. The molecule has 0 aliphatic carbocycles. The quantitative estimate of drug-likeness (QED) is 0.752. The monoisotopic (exact) mass is 283 g/mol. The summed E-state index contributed by atoms with van der Waals surface area (Å²) in [6.45, 7) is 4.09. The van der Waals surface area contributed by atoms with Crippen molar-refractivity contribution in [2.45, 2.75) is 25.9 Å². The first kappa shape index (κ1) is 15.1. The van der Waals surface area contributed by atoms with Gasteiger partial charge in [-0.05, 0) is 37.6 Å². The topological polar surface area (TPSA) is 29.5 Å². The van der Waals surface area contributed by atoms with Crippen molar-refractivity contribution in [3.05, 3.63) is 35.4 Å². The first-order valence-electron chi connectivity index (χ1n) is 6.92. The van der Waals surface area contributed by atoms with Gasteiger partial charge in [-0.3, -0.25) is 9.69 Å². The molecular formula is C15H19F2NO2. The molecule has 1 saturated heterocycles. The average Bonchev–Trinajstić information content (AvgIpc) is 2.93. The molecule has 1 aliphatic rings. The smallest absolute Gasteiger partial charge is 0.179 e. The lowest BCUT2D eigenvalue weighted by Gasteiger charge is -2.22. The Morgan fingerprint density at radius 1 is 1.45 bits per heavy atom. The zero-order valence-electron chi connectivity index (χ0n) is 11.6. The van der Waals surface area contributed by atoms with E-state index in [0.29, 0.717) is 13.1 Å². The summed E-state index contributed by atoms with van der Waals surface area (Å²) in [5.74, 6) is -1.68. The average molecular weight is 283 g/mol. The zero-order valence-corrected chi connectivity index (χ0v) is 11.6. The summed E-state index contributed by atoms with van der Waals surface area (Å²) in [4.78, 5) is 14.0. The van der Waals surface area contributed by atoms with Gasteiger partial charge in [-0.25, -0.2) is 8.78 Å². The van der Waals surface area contributed by atoms with E-state index in [9.17, 15) is 13.6 Å². The Balaban J connectivity index is 1.99. The number of likely N-dealkylation sites (N-methyl/N-ethyl adjacent to an activating group) is 1. The van der Waals surface area contributed by atoms with Crippen molar-refractivity contribution in [3.63, 3.8) is 0 Å². The highest BCUT2D eigenvalue weighted by Crippen LogP contribution is 2.15. The van der Waals surface area contributed by atoms with Crippen LogP contribution < -0.4 is 0 Å². The summed E-state index contributed by atoms with van der Waals surface area (Å²) in [5.41, 5.74) is -0.184. The van der Waals surface area contributed by atoms with Crippen LogP contribution in [0.4, 0.5) is 8.78 Å². The van der Waals surface area contributed by atoms with E-state index in [1.54, 1.807) is 0 Å². The van der Waals surface area contributed by atoms with Crippen molar-refractivity contribution >= 4 is 5.78 Å². The van der Waals surface area contributed by atoms with Crippen LogP contribution in [0.1, 0.15) is 30.1 Å². The van der Waals surface area contributed by atoms with Crippen LogP contribution >= 0.6 is 0 Å². The number of carbonyl (C=O) groups is 1. The molecule has 1 aromatic carbocycles. The van der Waals surface area contributed by atoms with Crippen LogP contribution in [-0.4, -0.2) is 43.0 Å². The van der Waals surface area contributed by atoms with Gasteiger partial charge in [0.05, 0.1) is 18.2 Å². The first-order valence-corrected chi connectivity index (χ1v) is 6.92. The Labute approximate surface area is 117 Å². The van der Waals surface area contributed by atoms with Crippen molar-refractivity contribution in [1.82, 2.24) is 4.90 Å². The number of halogens is 2. The third-order valence-corrected chi connectivity index (χ3v) is 3.53. The molecule has 0 aromatic heterocycles. The maximum Gasteiger partial charge on any atom is 0.179 e. The minimum absolute atomic E-state index is 0.0801. The van der Waals surface area contributed by atoms with Gasteiger partial charge < -0.3 is 4.74 Å². The lowest BCUT2D eigenvalue weighted by molar-refractivity contribution is 0.0684. The molecule has 1 fully saturated rings. The summed E-state index contributed by atoms with van der Waals surface area (Å²) in [7, 11) is 0. The van der Waals surface area contributed by atoms with Gasteiger partial charge in [0, 0.05) is 13.2 Å². The second-order valence-corrected chi connectivity index (χ2v) is 5.01. The lowest BCUT2D eigenvalue weighted by Crippen LogP contribution is -2.36. The molecule has 20 heavy (non-hydrogen) atoms. The Bertz CT molecular complexity index is 473. The number of ketones is 1. The summed E-state index contributed by atoms with van der Waals surface area (Å²) in [5, 5.41) is 0. The summed E-state index contributed by atoms with van der Waals surface area (Å²) >= 11 is 0. The van der Waals surface area contributed by atoms with E-state index in [1.165, 1.54) is 0 Å². The van der Waals surface area contributed by atoms with E-state index in [2.05, 4.69) is 0 Å². The van der Waals surface area contributed by atoms with Crippen LogP contribution in [0.15, 0.2) is 18.2 Å². The number of rotatable bonds is 6. The van der Waals surface area contributed by atoms with Crippen molar-refractivity contribution in [2.24, 2.45) is 0 Å². The van der Waals surface area contributed by atoms with Crippen LogP contribution in [0.2, 0.25) is 0 Å². The van der Waals surface area contributed by atoms with Gasteiger partial charge in [0.25, 0.3) is 0 Å². The van der Waals surface area contributed by atoms with E-state index < -0.39 is 17.4 Å². The van der Waals surface area contributed by atoms with Gasteiger partial charge >= 0.3 is 0 Å². The molecule has 110 valence electrons. The molecule has 0 radical (unpaired) electrons. The van der Waals surface area contributed by atoms with E-state index >= 15 is 0 Å². The van der Waals surface area contributed by atoms with Gasteiger partial charge in [-0.15, -0.1) is 0 Å². The fourth-order valence-corrected chi connectivity index (χ4v) is 2.38. The normalized spacial score (nSPS) is 18.7. The predicted octanol–water partition coefficient (Wildman–Crippen LogP) is 2.65. The highest BCUT2D eigenvalue weighted by Gasteiger charge is 2.21. The SMILES string of the molecule is CCN(CC(=O)c1cc(F)ccc1F)CC1CCCO1. The van der Waals surface area contributed by atoms with Gasteiger partial charge in [0.2, 0.25) is 0 Å². The number of benzene rings is 1. The maximum absolute atomic E-state index is 13.5. The third-order valence-electron chi connectivity index (χ3n) is 3.53. The molecule has 3 nitrogen and oxygen atoms in total. The molecule has 1 unspecified atom stereocenters. The standard InChI is InChI=1S/C15H19F2NO2/c1-2-18(9-12-4-3-7-20-12)10-15(19)13-8-11(16)5-6-14(13)17/h5-6,8,12H,2-4,7,9-10H2,1H3. The fourth-order valence-electron chi connectivity index (χ4n) is 2.38. The van der Waals surface area contributed by atoms with Crippen LogP contribution in [0.25, 0.3) is 0 Å². The first-order chi connectivity index (χ1) is 9.60. The Morgan fingerprint density at radius 2 is 2.25 bits per heavy atom. The molecule has 0 bridgehead atoms. The minimum Gasteiger partial charge on any atom is -0.377 e. The minimum atomic E-state index is -0.676. The van der Waals surface area contributed by atoms with E-state index in [1.807, 2.05) is 11.8 Å². The molecule has 5 heteroatoms. The molecule has 0 saturated carbocycles. The number of hydrogen-bond acceptors (Lipinski definition) is 3. The van der Waals surface area contributed by atoms with Crippen LogP contribution in [0.3, 0.4) is 0 Å². The third kappa shape index (κ3) is 3.84. The predicted molar refractivity (Wildman–Crippen MR) is 71.8 cm³/mol. The molecular weight excluding hydrogens is 264 g/mol. The van der Waals surface area contributed by atoms with Gasteiger partial charge in [0.1, 0.15) is 11.6 Å². The summed E-state index contributed by atoms with van der Waals surface area (Å²) in [6.07, 6.45) is 2.16. The van der Waals surface area contributed by atoms with Gasteiger partial charge in [-0.1, -0.05) is 6.92 Å². The fraction of sp³-hybridized carbons (Fsp3) is 0.533. The van der Waals surface area contributed by atoms with Crippen molar-refractivity contribution in [1.29, 1.82) is 0 Å². The largest absolute Gasteiger partial charge is 0.377 e. The molecule has 2 rings (SSSR count). The number of hydrogen-bond donors (Lipinski definition) is 0. The van der Waals surface area contributed by atoms with Crippen molar-refractivity contribution in [2.75, 3.05) is 26.2 Å². The van der Waals surface area contributed by atoms with Crippen LogP contribution in [-0.2, 0) is 4.74 Å². The Morgan fingerprint density at radius 3 is 2.90 bits per heavy atom. The summed E-state index contributed by atoms with van der Waals surface area (Å²) in [6, 6.07) is 2.95. The van der Waals surface area contributed by atoms with Crippen molar-refractivity contribution < 1.29 is 18.3 Å². The molecule has 1 atom stereocenters. The van der Waals surface area contributed by atoms with Gasteiger partial charge in [-0.2, -0.15) is 0 Å². The number of ether oxygens (including phenoxy) is 1. The Kier molecular flexibility index (Phi) is 5.20. The highest BCUT2D eigenvalue weighted by molar-refractivity contribution is 5.97. The van der Waals surface area contributed by atoms with Crippen LogP contribution in [0.5, 0.6) is 0 Å². The number of carbonyl (C=O) groups excluding carboxylic acids is 1. The van der Waals surface area contributed by atoms with Crippen LogP contribution in [0, 0.1) is 11.6 Å². The maximum atomic E-state index is 13.5. The molecule has 0 N–H and O–H groups in total. The molecule has 1 heterocycles. The molecule has 0 spiro atoms. The highest BCUT2D eigenvalue weighted by atomic mass is 19.1. The Hall–Kier alpha value is -1.33. The second-order valence-electron chi connectivity index (χ2n) is 5.01. The van der Waals surface area contributed by atoms with E-state index in [0.717, 1.165) is 37.6 Å². The van der Waals surface area contributed by atoms with E-state index in [4.69, 9.17) is 4.74 Å². The zero-order chi connectivity index (χ0) is 14.5. The van der Waals surface area contributed by atoms with Crippen molar-refractivity contribution in [3.8, 4) is 0 Å². The molecule has 1 aliphatic heterocycles. The second kappa shape index (κ2) is 6.90. The molecule has 0 amide bonds. The lowest BCUT2D eigenvalue weighted by atomic mass is 10.1.